The SMILES string of the molecule is CC(c1ccccc1)N1CCN(C)C(CCN)C1. The summed E-state index contributed by atoms with van der Waals surface area (Å²) < 4.78 is 0. The van der Waals surface area contributed by atoms with Crippen LogP contribution >= 0.6 is 0 Å². The predicted molar refractivity (Wildman–Crippen MR) is 76.5 cm³/mol. The summed E-state index contributed by atoms with van der Waals surface area (Å²) in [6.45, 7) is 6.50. The summed E-state index contributed by atoms with van der Waals surface area (Å²) in [4.78, 5) is 5.02. The molecule has 1 aliphatic heterocycles. The van der Waals surface area contributed by atoms with E-state index in [1.807, 2.05) is 0 Å². The molecule has 0 aliphatic carbocycles. The maximum Gasteiger partial charge on any atom is 0.0321 e. The lowest BCUT2D eigenvalue weighted by Crippen LogP contribution is -2.52. The van der Waals surface area contributed by atoms with Crippen molar-refractivity contribution in [3.63, 3.8) is 0 Å². The van der Waals surface area contributed by atoms with Gasteiger partial charge in [0.15, 0.2) is 0 Å². The van der Waals surface area contributed by atoms with Crippen molar-refractivity contribution in [3.05, 3.63) is 35.9 Å². The number of hydrogen-bond acceptors (Lipinski definition) is 3. The van der Waals surface area contributed by atoms with E-state index in [1.54, 1.807) is 0 Å². The van der Waals surface area contributed by atoms with Gasteiger partial charge in [0.1, 0.15) is 0 Å². The molecule has 0 amide bonds. The quantitative estimate of drug-likeness (QED) is 0.879. The van der Waals surface area contributed by atoms with Crippen molar-refractivity contribution in [1.29, 1.82) is 0 Å². The summed E-state index contributed by atoms with van der Waals surface area (Å²) >= 11 is 0. The van der Waals surface area contributed by atoms with Crippen LogP contribution in [0.3, 0.4) is 0 Å². The fraction of sp³-hybridized carbons (Fsp3) is 0.600. The third kappa shape index (κ3) is 3.10. The fourth-order valence-corrected chi connectivity index (χ4v) is 2.77. The lowest BCUT2D eigenvalue weighted by molar-refractivity contribution is 0.0663. The number of rotatable bonds is 4. The van der Waals surface area contributed by atoms with Gasteiger partial charge in [-0.05, 0) is 32.5 Å². The van der Waals surface area contributed by atoms with Gasteiger partial charge in [0, 0.05) is 31.7 Å². The Bertz CT molecular complexity index is 352. The molecule has 2 rings (SSSR count). The van der Waals surface area contributed by atoms with E-state index in [2.05, 4.69) is 54.1 Å². The van der Waals surface area contributed by atoms with Crippen LogP contribution in [0.5, 0.6) is 0 Å². The summed E-state index contributed by atoms with van der Waals surface area (Å²) in [6, 6.07) is 11.9. The molecule has 3 nitrogen and oxygen atoms in total. The monoisotopic (exact) mass is 247 g/mol. The lowest BCUT2D eigenvalue weighted by atomic mass is 10.0. The van der Waals surface area contributed by atoms with Crippen molar-refractivity contribution >= 4 is 0 Å². The van der Waals surface area contributed by atoms with Crippen LogP contribution in [0.1, 0.15) is 24.9 Å². The second kappa shape index (κ2) is 6.32. The first kappa shape index (κ1) is 13.5. The number of hydrogen-bond donors (Lipinski definition) is 1. The Labute approximate surface area is 111 Å². The van der Waals surface area contributed by atoms with E-state index >= 15 is 0 Å². The van der Waals surface area contributed by atoms with Gasteiger partial charge < -0.3 is 10.6 Å². The van der Waals surface area contributed by atoms with Crippen molar-refractivity contribution in [1.82, 2.24) is 9.80 Å². The summed E-state index contributed by atoms with van der Waals surface area (Å²) in [5, 5.41) is 0. The third-order valence-electron chi connectivity index (χ3n) is 4.14. The van der Waals surface area contributed by atoms with Crippen LogP contribution in [0.4, 0.5) is 0 Å². The molecule has 0 aromatic heterocycles. The summed E-state index contributed by atoms with van der Waals surface area (Å²) in [6.07, 6.45) is 1.09. The molecular weight excluding hydrogens is 222 g/mol. The predicted octanol–water partition coefficient (Wildman–Crippen LogP) is 1.71. The van der Waals surface area contributed by atoms with Crippen LogP contribution in [0.15, 0.2) is 30.3 Å². The fourth-order valence-electron chi connectivity index (χ4n) is 2.77. The van der Waals surface area contributed by atoms with E-state index < -0.39 is 0 Å². The first-order valence-electron chi connectivity index (χ1n) is 6.91. The van der Waals surface area contributed by atoms with Gasteiger partial charge in [0.25, 0.3) is 0 Å². The molecule has 2 N–H and O–H groups in total. The summed E-state index contributed by atoms with van der Waals surface area (Å²) in [5.74, 6) is 0. The van der Waals surface area contributed by atoms with Crippen molar-refractivity contribution in [3.8, 4) is 0 Å². The minimum Gasteiger partial charge on any atom is -0.330 e. The smallest absolute Gasteiger partial charge is 0.0321 e. The van der Waals surface area contributed by atoms with Crippen LogP contribution in [0, 0.1) is 0 Å². The van der Waals surface area contributed by atoms with Gasteiger partial charge in [-0.2, -0.15) is 0 Å². The second-order valence-corrected chi connectivity index (χ2v) is 5.29. The molecule has 1 fully saturated rings. The highest BCUT2D eigenvalue weighted by atomic mass is 15.3. The first-order valence-corrected chi connectivity index (χ1v) is 6.91. The number of benzene rings is 1. The van der Waals surface area contributed by atoms with Gasteiger partial charge in [-0.3, -0.25) is 4.90 Å². The van der Waals surface area contributed by atoms with Crippen LogP contribution in [-0.2, 0) is 0 Å². The van der Waals surface area contributed by atoms with E-state index in [1.165, 1.54) is 5.56 Å². The Morgan fingerprint density at radius 3 is 2.67 bits per heavy atom. The molecule has 100 valence electrons. The molecule has 2 unspecified atom stereocenters. The zero-order valence-electron chi connectivity index (χ0n) is 11.5. The van der Waals surface area contributed by atoms with Crippen LogP contribution < -0.4 is 5.73 Å². The van der Waals surface area contributed by atoms with E-state index in [4.69, 9.17) is 5.73 Å². The minimum atomic E-state index is 0.500. The van der Waals surface area contributed by atoms with E-state index in [9.17, 15) is 0 Å². The summed E-state index contributed by atoms with van der Waals surface area (Å²) in [7, 11) is 2.21. The van der Waals surface area contributed by atoms with Crippen LogP contribution in [0.2, 0.25) is 0 Å². The van der Waals surface area contributed by atoms with Gasteiger partial charge in [0.2, 0.25) is 0 Å². The zero-order valence-corrected chi connectivity index (χ0v) is 11.5. The number of piperazine rings is 1. The van der Waals surface area contributed by atoms with Crippen molar-refractivity contribution in [2.24, 2.45) is 5.73 Å². The average Bonchev–Trinajstić information content (AvgIpc) is 2.42. The Kier molecular flexibility index (Phi) is 4.75. The Hall–Kier alpha value is -0.900. The molecular formula is C15H25N3. The topological polar surface area (TPSA) is 32.5 Å². The Morgan fingerprint density at radius 1 is 1.28 bits per heavy atom. The largest absolute Gasteiger partial charge is 0.330 e. The highest BCUT2D eigenvalue weighted by Crippen LogP contribution is 2.23. The molecule has 1 aromatic carbocycles. The molecule has 3 heteroatoms. The van der Waals surface area contributed by atoms with Gasteiger partial charge in [-0.25, -0.2) is 0 Å². The van der Waals surface area contributed by atoms with E-state index in [-0.39, 0.29) is 0 Å². The Morgan fingerprint density at radius 2 is 2.00 bits per heavy atom. The van der Waals surface area contributed by atoms with Gasteiger partial charge >= 0.3 is 0 Å². The molecule has 18 heavy (non-hydrogen) atoms. The van der Waals surface area contributed by atoms with Gasteiger partial charge in [-0.15, -0.1) is 0 Å². The van der Waals surface area contributed by atoms with Crippen molar-refractivity contribution < 1.29 is 0 Å². The molecule has 0 saturated carbocycles. The van der Waals surface area contributed by atoms with Gasteiger partial charge in [0.05, 0.1) is 0 Å². The third-order valence-corrected chi connectivity index (χ3v) is 4.14. The number of likely N-dealkylation sites (N-methyl/N-ethyl adjacent to an activating group) is 1. The maximum atomic E-state index is 5.71. The number of nitrogens with two attached hydrogens (primary N) is 1. The second-order valence-electron chi connectivity index (χ2n) is 5.29. The average molecular weight is 247 g/mol. The normalized spacial score (nSPS) is 24.1. The molecule has 0 spiro atoms. The molecule has 1 aliphatic rings. The van der Waals surface area contributed by atoms with E-state index in [0.717, 1.165) is 32.6 Å². The lowest BCUT2D eigenvalue weighted by Gasteiger charge is -2.42. The molecule has 0 bridgehead atoms. The zero-order chi connectivity index (χ0) is 13.0. The highest BCUT2D eigenvalue weighted by molar-refractivity contribution is 5.18. The molecule has 1 saturated heterocycles. The van der Waals surface area contributed by atoms with Crippen molar-refractivity contribution in [2.75, 3.05) is 33.2 Å². The van der Waals surface area contributed by atoms with E-state index in [0.29, 0.717) is 12.1 Å². The summed E-state index contributed by atoms with van der Waals surface area (Å²) in [5.41, 5.74) is 7.12. The minimum absolute atomic E-state index is 0.500. The standard InChI is InChI=1S/C15H25N3/c1-13(14-6-4-3-5-7-14)18-11-10-17(2)15(12-18)8-9-16/h3-7,13,15H,8-12,16H2,1-2H3. The molecule has 1 aromatic rings. The highest BCUT2D eigenvalue weighted by Gasteiger charge is 2.26. The maximum absolute atomic E-state index is 5.71. The first-order chi connectivity index (χ1) is 8.72. The van der Waals surface area contributed by atoms with Crippen LogP contribution in [-0.4, -0.2) is 49.1 Å². The molecule has 1 heterocycles. The Balaban J connectivity index is 2.01. The van der Waals surface area contributed by atoms with Crippen molar-refractivity contribution in [2.45, 2.75) is 25.4 Å². The number of nitrogens with zero attached hydrogens (tertiary/aromatic N) is 2. The van der Waals surface area contributed by atoms with Gasteiger partial charge in [-0.1, -0.05) is 30.3 Å². The van der Waals surface area contributed by atoms with Crippen LogP contribution in [0.25, 0.3) is 0 Å². The molecule has 2 atom stereocenters. The molecule has 0 radical (unpaired) electrons.